The van der Waals surface area contributed by atoms with E-state index >= 15 is 0 Å². The van der Waals surface area contributed by atoms with E-state index in [0.717, 1.165) is 5.03 Å². The number of fused-ring (bicyclic) bond motifs is 2. The summed E-state index contributed by atoms with van der Waals surface area (Å²) in [6, 6.07) is 8.90. The van der Waals surface area contributed by atoms with Crippen LogP contribution in [-0.4, -0.2) is 38.3 Å². The number of thioether (sulfide) groups is 1. The molecule has 23 heavy (non-hydrogen) atoms. The molecule has 1 N–H and O–H groups in total. The summed E-state index contributed by atoms with van der Waals surface area (Å²) in [5.74, 6) is 1.44. The number of aromatic nitrogens is 4. The van der Waals surface area contributed by atoms with Crippen molar-refractivity contribution in [2.24, 2.45) is 0 Å². The van der Waals surface area contributed by atoms with E-state index in [1.54, 1.807) is 28.8 Å². The summed E-state index contributed by atoms with van der Waals surface area (Å²) >= 11 is 1.34. The van der Waals surface area contributed by atoms with Crippen molar-refractivity contribution in [3.63, 3.8) is 0 Å². The fourth-order valence-corrected chi connectivity index (χ4v) is 2.76. The van der Waals surface area contributed by atoms with E-state index in [4.69, 9.17) is 9.47 Å². The minimum absolute atomic E-state index is 0.125. The molecule has 0 spiro atoms. The third-order valence-electron chi connectivity index (χ3n) is 3.14. The van der Waals surface area contributed by atoms with Crippen LogP contribution in [-0.2, 0) is 4.79 Å². The van der Waals surface area contributed by atoms with Crippen molar-refractivity contribution in [1.82, 2.24) is 19.8 Å². The summed E-state index contributed by atoms with van der Waals surface area (Å²) in [6.07, 6.45) is 1.52. The Hall–Kier alpha value is -2.81. The Morgan fingerprint density at radius 2 is 2.17 bits per heavy atom. The lowest BCUT2D eigenvalue weighted by Crippen LogP contribution is -2.14. The van der Waals surface area contributed by atoms with E-state index in [-0.39, 0.29) is 18.5 Å². The van der Waals surface area contributed by atoms with Crippen LogP contribution in [0.15, 0.2) is 41.7 Å². The SMILES string of the molecule is O=C(CSc1ccc2nncn2n1)Nc1ccc2c(c1)OCO2. The van der Waals surface area contributed by atoms with Crippen LogP contribution in [0.1, 0.15) is 0 Å². The average molecular weight is 329 g/mol. The van der Waals surface area contributed by atoms with Crippen LogP contribution in [0.5, 0.6) is 11.5 Å². The summed E-state index contributed by atoms with van der Waals surface area (Å²) in [5, 5.41) is 15.5. The molecule has 4 rings (SSSR count). The number of amides is 1. The van der Waals surface area contributed by atoms with Gasteiger partial charge in [0.15, 0.2) is 17.1 Å². The molecule has 1 aliphatic heterocycles. The van der Waals surface area contributed by atoms with Gasteiger partial charge in [-0.3, -0.25) is 4.79 Å². The maximum absolute atomic E-state index is 12.0. The van der Waals surface area contributed by atoms with E-state index in [1.807, 2.05) is 6.07 Å². The summed E-state index contributed by atoms with van der Waals surface area (Å²) in [5.41, 5.74) is 1.33. The van der Waals surface area contributed by atoms with Gasteiger partial charge in [-0.05, 0) is 24.3 Å². The van der Waals surface area contributed by atoms with Gasteiger partial charge in [-0.1, -0.05) is 11.8 Å². The lowest BCUT2D eigenvalue weighted by Gasteiger charge is -2.06. The maximum Gasteiger partial charge on any atom is 0.234 e. The number of hydrogen-bond donors (Lipinski definition) is 1. The van der Waals surface area contributed by atoms with Crippen LogP contribution in [0.25, 0.3) is 5.65 Å². The van der Waals surface area contributed by atoms with Crippen molar-refractivity contribution in [1.29, 1.82) is 0 Å². The lowest BCUT2D eigenvalue weighted by atomic mass is 10.3. The normalized spacial score (nSPS) is 12.5. The number of carbonyl (C=O) groups excluding carboxylic acids is 1. The van der Waals surface area contributed by atoms with Gasteiger partial charge in [-0.25, -0.2) is 0 Å². The summed E-state index contributed by atoms with van der Waals surface area (Å²) < 4.78 is 12.1. The highest BCUT2D eigenvalue weighted by Gasteiger charge is 2.14. The molecule has 9 heteroatoms. The zero-order chi connectivity index (χ0) is 15.6. The lowest BCUT2D eigenvalue weighted by molar-refractivity contribution is -0.113. The van der Waals surface area contributed by atoms with Crippen LogP contribution in [0.3, 0.4) is 0 Å². The Morgan fingerprint density at radius 1 is 1.26 bits per heavy atom. The molecule has 0 aliphatic carbocycles. The molecule has 3 aromatic rings. The number of benzene rings is 1. The first kappa shape index (κ1) is 13.8. The monoisotopic (exact) mass is 329 g/mol. The molecular formula is C14H11N5O3S. The van der Waals surface area contributed by atoms with Gasteiger partial charge < -0.3 is 14.8 Å². The third kappa shape index (κ3) is 2.90. The van der Waals surface area contributed by atoms with Crippen molar-refractivity contribution in [2.45, 2.75) is 5.03 Å². The highest BCUT2D eigenvalue weighted by molar-refractivity contribution is 7.99. The van der Waals surface area contributed by atoms with Gasteiger partial charge in [0, 0.05) is 11.8 Å². The van der Waals surface area contributed by atoms with Gasteiger partial charge in [0.2, 0.25) is 12.7 Å². The predicted molar refractivity (Wildman–Crippen MR) is 82.7 cm³/mol. The summed E-state index contributed by atoms with van der Waals surface area (Å²) in [7, 11) is 0. The molecule has 1 aliphatic rings. The number of hydrogen-bond acceptors (Lipinski definition) is 7. The molecule has 3 heterocycles. The summed E-state index contributed by atoms with van der Waals surface area (Å²) in [4.78, 5) is 12.0. The second kappa shape index (κ2) is 5.76. The van der Waals surface area contributed by atoms with Crippen molar-refractivity contribution in [2.75, 3.05) is 17.9 Å². The highest BCUT2D eigenvalue weighted by Crippen LogP contribution is 2.34. The van der Waals surface area contributed by atoms with Gasteiger partial charge in [-0.2, -0.15) is 9.61 Å². The van der Waals surface area contributed by atoms with Crippen LogP contribution in [0.4, 0.5) is 5.69 Å². The number of nitrogens with zero attached hydrogens (tertiary/aromatic N) is 4. The molecule has 0 saturated heterocycles. The molecule has 8 nitrogen and oxygen atoms in total. The van der Waals surface area contributed by atoms with E-state index in [2.05, 4.69) is 20.6 Å². The first-order valence-electron chi connectivity index (χ1n) is 6.77. The average Bonchev–Trinajstić information content (AvgIpc) is 3.20. The highest BCUT2D eigenvalue weighted by atomic mass is 32.2. The number of rotatable bonds is 4. The van der Waals surface area contributed by atoms with E-state index in [1.165, 1.54) is 18.1 Å². The second-order valence-electron chi connectivity index (χ2n) is 4.71. The van der Waals surface area contributed by atoms with Crippen molar-refractivity contribution in [3.05, 3.63) is 36.7 Å². The Kier molecular flexibility index (Phi) is 3.46. The molecule has 0 unspecified atom stereocenters. The molecular weight excluding hydrogens is 318 g/mol. The quantitative estimate of drug-likeness (QED) is 0.727. The van der Waals surface area contributed by atoms with Crippen molar-refractivity contribution in [3.8, 4) is 11.5 Å². The van der Waals surface area contributed by atoms with Crippen LogP contribution >= 0.6 is 11.8 Å². The minimum atomic E-state index is -0.125. The van der Waals surface area contributed by atoms with Gasteiger partial charge >= 0.3 is 0 Å². The largest absolute Gasteiger partial charge is 0.454 e. The molecule has 0 saturated carbocycles. The number of nitrogens with one attached hydrogen (secondary N) is 1. The smallest absolute Gasteiger partial charge is 0.234 e. The van der Waals surface area contributed by atoms with Crippen LogP contribution < -0.4 is 14.8 Å². The molecule has 0 atom stereocenters. The van der Waals surface area contributed by atoms with E-state index in [9.17, 15) is 4.79 Å². The minimum Gasteiger partial charge on any atom is -0.454 e. The first-order valence-corrected chi connectivity index (χ1v) is 7.76. The molecule has 2 aromatic heterocycles. The standard InChI is InChI=1S/C14H11N5O3S/c20-13(16-9-1-2-10-11(5-9)22-8-21-10)6-23-14-4-3-12-17-15-7-19(12)18-14/h1-5,7H,6,8H2,(H,16,20). The third-order valence-corrected chi connectivity index (χ3v) is 4.06. The Morgan fingerprint density at radius 3 is 3.13 bits per heavy atom. The van der Waals surface area contributed by atoms with Gasteiger partial charge in [-0.15, -0.1) is 10.2 Å². The number of ether oxygens (including phenoxy) is 2. The predicted octanol–water partition coefficient (Wildman–Crippen LogP) is 1.58. The van der Waals surface area contributed by atoms with Crippen LogP contribution in [0, 0.1) is 0 Å². The van der Waals surface area contributed by atoms with Crippen LogP contribution in [0.2, 0.25) is 0 Å². The second-order valence-corrected chi connectivity index (χ2v) is 5.71. The molecule has 0 radical (unpaired) electrons. The molecule has 1 amide bonds. The maximum atomic E-state index is 12.0. The molecule has 116 valence electrons. The first-order chi connectivity index (χ1) is 11.3. The number of carbonyl (C=O) groups is 1. The van der Waals surface area contributed by atoms with Gasteiger partial charge in [0.05, 0.1) is 5.75 Å². The molecule has 0 bridgehead atoms. The number of anilines is 1. The van der Waals surface area contributed by atoms with E-state index in [0.29, 0.717) is 22.8 Å². The Labute approximate surface area is 134 Å². The topological polar surface area (TPSA) is 90.6 Å². The zero-order valence-electron chi connectivity index (χ0n) is 11.8. The Bertz CT molecular complexity index is 882. The van der Waals surface area contributed by atoms with Crippen molar-refractivity contribution < 1.29 is 14.3 Å². The van der Waals surface area contributed by atoms with Gasteiger partial charge in [0.1, 0.15) is 11.4 Å². The molecule has 1 aromatic carbocycles. The Balaban J connectivity index is 1.38. The zero-order valence-corrected chi connectivity index (χ0v) is 12.6. The van der Waals surface area contributed by atoms with Gasteiger partial charge in [0.25, 0.3) is 0 Å². The van der Waals surface area contributed by atoms with E-state index < -0.39 is 0 Å². The fourth-order valence-electron chi connectivity index (χ4n) is 2.10. The fraction of sp³-hybridized carbons (Fsp3) is 0.143. The van der Waals surface area contributed by atoms with Crippen molar-refractivity contribution >= 4 is 29.0 Å². The molecule has 0 fully saturated rings. The summed E-state index contributed by atoms with van der Waals surface area (Å²) in [6.45, 7) is 0.208.